The number of rotatable bonds is 10. The monoisotopic (exact) mass is 843 g/mol. The summed E-state index contributed by atoms with van der Waals surface area (Å²) >= 11 is 3.49. The lowest BCUT2D eigenvalue weighted by Gasteiger charge is -2.11. The van der Waals surface area contributed by atoms with Crippen LogP contribution in [0.3, 0.4) is 0 Å². The second-order valence-corrected chi connectivity index (χ2v) is 13.3. The molecular weight excluding hydrogens is 811 g/mol. The highest BCUT2D eigenvalue weighted by molar-refractivity contribution is 9.10. The number of halogens is 1. The first-order valence-electron chi connectivity index (χ1n) is 17.4. The quantitative estimate of drug-likeness (QED) is 0.0676. The van der Waals surface area contributed by atoms with Gasteiger partial charge in [-0.05, 0) is 79.7 Å². The number of nitro benzene ring substituents is 2. The lowest BCUT2D eigenvalue weighted by molar-refractivity contribution is -0.385. The van der Waals surface area contributed by atoms with Crippen LogP contribution in [0, 0.1) is 26.3 Å². The number of allylic oxidation sites excluding steroid dienone is 2. The molecule has 2 N–H and O–H groups in total. The van der Waals surface area contributed by atoms with Crippen molar-refractivity contribution in [2.75, 3.05) is 14.2 Å². The summed E-state index contributed by atoms with van der Waals surface area (Å²) in [7, 11) is 1.58. The predicted octanol–water partition coefficient (Wildman–Crippen LogP) is 6.28. The Kier molecular flexibility index (Phi) is 13.1. The summed E-state index contributed by atoms with van der Waals surface area (Å²) in [6.07, 6.45) is 8.67. The number of aromatic nitrogens is 6. The number of non-ortho nitro benzene ring substituents is 2. The number of para-hydroxylation sites is 1. The third kappa shape index (κ3) is 9.82. The molecule has 8 rings (SSSR count). The first-order valence-corrected chi connectivity index (χ1v) is 18.2. The fourth-order valence-electron chi connectivity index (χ4n) is 5.83. The molecule has 18 heteroatoms. The van der Waals surface area contributed by atoms with Gasteiger partial charge in [0.05, 0.1) is 53.2 Å². The summed E-state index contributed by atoms with van der Waals surface area (Å²) in [5.41, 5.74) is 7.30. The summed E-state index contributed by atoms with van der Waals surface area (Å²) in [6, 6.07) is 31.3. The molecule has 5 aromatic carbocycles. The molecule has 1 aliphatic carbocycles. The van der Waals surface area contributed by atoms with Crippen molar-refractivity contribution in [1.29, 1.82) is 0 Å². The van der Waals surface area contributed by atoms with Crippen LogP contribution in [0.1, 0.15) is 22.5 Å². The summed E-state index contributed by atoms with van der Waals surface area (Å²) < 4.78 is 15.3. The molecule has 58 heavy (non-hydrogen) atoms. The average molecular weight is 844 g/mol. The molecule has 16 nitrogen and oxygen atoms in total. The van der Waals surface area contributed by atoms with E-state index in [4.69, 9.17) is 19.5 Å². The number of methoxy groups -OCH3 is 2. The van der Waals surface area contributed by atoms with Gasteiger partial charge < -0.3 is 19.5 Å². The number of ether oxygens (including phenoxy) is 2. The Morgan fingerprint density at radius 3 is 2.12 bits per heavy atom. The number of hydrogen-bond donors (Lipinski definition) is 2. The maximum absolute atomic E-state index is 11.1. The zero-order chi connectivity index (χ0) is 41.2. The van der Waals surface area contributed by atoms with Crippen molar-refractivity contribution in [3.63, 3.8) is 0 Å². The molecule has 1 aliphatic rings. The Balaban J connectivity index is 0.000000159. The Morgan fingerprint density at radius 2 is 1.41 bits per heavy atom. The molecule has 2 heterocycles. The molecule has 0 atom stereocenters. The van der Waals surface area contributed by atoms with E-state index in [2.05, 4.69) is 42.6 Å². The minimum Gasteiger partial charge on any atom is -0.496 e. The third-order valence-corrected chi connectivity index (χ3v) is 9.29. The largest absolute Gasteiger partial charge is 0.496 e. The molecule has 7 aromatic rings. The van der Waals surface area contributed by atoms with E-state index in [-0.39, 0.29) is 16.8 Å². The van der Waals surface area contributed by atoms with Crippen molar-refractivity contribution in [3.8, 4) is 22.6 Å². The number of hydrogen-bond acceptors (Lipinski definition) is 12. The molecule has 0 fully saturated rings. The van der Waals surface area contributed by atoms with Crippen LogP contribution in [-0.2, 0) is 13.1 Å². The van der Waals surface area contributed by atoms with Gasteiger partial charge in [0.1, 0.15) is 29.2 Å². The summed E-state index contributed by atoms with van der Waals surface area (Å²) in [5.74, 6) is 1.48. The Hall–Kier alpha value is -7.11. The normalized spacial score (nSPS) is 11.0. The van der Waals surface area contributed by atoms with Gasteiger partial charge in [0.2, 0.25) is 11.4 Å². The summed E-state index contributed by atoms with van der Waals surface area (Å²) in [4.78, 5) is 20.3. The van der Waals surface area contributed by atoms with Crippen molar-refractivity contribution in [2.24, 2.45) is 0 Å². The van der Waals surface area contributed by atoms with Crippen molar-refractivity contribution in [1.82, 2.24) is 30.0 Å². The van der Waals surface area contributed by atoms with Gasteiger partial charge in [-0.1, -0.05) is 58.8 Å². The first-order chi connectivity index (χ1) is 28.0. The first kappa shape index (κ1) is 40.6. The van der Waals surface area contributed by atoms with Crippen LogP contribution in [0.5, 0.6) is 11.5 Å². The van der Waals surface area contributed by atoms with Gasteiger partial charge in [-0.2, -0.15) is 0 Å². The Bertz CT molecular complexity index is 2650. The van der Waals surface area contributed by atoms with Gasteiger partial charge in [-0.3, -0.25) is 20.2 Å². The van der Waals surface area contributed by atoms with E-state index in [0.717, 1.165) is 61.0 Å². The van der Waals surface area contributed by atoms with E-state index in [1.807, 2.05) is 94.3 Å². The zero-order valence-corrected chi connectivity index (χ0v) is 32.5. The predicted molar refractivity (Wildman–Crippen MR) is 221 cm³/mol. The topological polar surface area (TPSA) is 207 Å². The molecule has 0 saturated carbocycles. The van der Waals surface area contributed by atoms with E-state index in [1.165, 1.54) is 24.3 Å². The SMILES string of the molecule is COc1ccc(Cn2nnc3c2C=C[C+]=C3)cc1Br.COc1ccc(Cn2nnc3ccccc32)cc1-c1cccc([N+](=O)[O-])c1.O=[N+]([O-])c1cccc(B(O)O)c1. The number of fused-ring (bicyclic) bond motifs is 2. The van der Waals surface area contributed by atoms with E-state index < -0.39 is 17.0 Å². The van der Waals surface area contributed by atoms with Crippen LogP contribution >= 0.6 is 15.9 Å². The van der Waals surface area contributed by atoms with Crippen molar-refractivity contribution in [3.05, 3.63) is 169 Å². The third-order valence-electron chi connectivity index (χ3n) is 8.67. The van der Waals surface area contributed by atoms with Crippen LogP contribution < -0.4 is 14.9 Å². The van der Waals surface area contributed by atoms with Gasteiger partial charge in [0.15, 0.2) is 0 Å². The summed E-state index contributed by atoms with van der Waals surface area (Å²) in [5, 5.41) is 55.3. The van der Waals surface area contributed by atoms with Crippen LogP contribution in [-0.4, -0.2) is 71.2 Å². The van der Waals surface area contributed by atoms with Crippen LogP contribution in [0.2, 0.25) is 0 Å². The smallest absolute Gasteiger partial charge is 0.488 e. The molecule has 0 spiro atoms. The highest BCUT2D eigenvalue weighted by Gasteiger charge is 2.19. The van der Waals surface area contributed by atoms with Gasteiger partial charge >= 0.3 is 7.12 Å². The number of benzene rings is 5. The van der Waals surface area contributed by atoms with Gasteiger partial charge in [-0.15, -0.1) is 5.10 Å². The molecule has 0 unspecified atom stereocenters. The standard InChI is InChI=1S/C20H16N4O3.C14H11BrN3O.C6H6BNO4/c1-27-20-10-9-14(13-23-19-8-3-2-7-18(19)21-22-23)11-17(20)15-5-4-6-16(12-15)24(25)26;1-19-14-7-6-10(8-11(14)15)9-18-13-5-3-2-4-12(13)16-17-18;9-7(10)5-2-1-3-6(4-5)8(11)12/h2-12H,13H2,1H3;3-8H,9H2,1H3;1-4,9-10H/q;+1;. The molecule has 290 valence electrons. The highest BCUT2D eigenvalue weighted by Crippen LogP contribution is 2.33. The van der Waals surface area contributed by atoms with E-state index in [0.29, 0.717) is 18.8 Å². The molecule has 0 aliphatic heterocycles. The van der Waals surface area contributed by atoms with Gasteiger partial charge in [0, 0.05) is 35.9 Å². The lowest BCUT2D eigenvalue weighted by atomic mass is 9.80. The fraction of sp³-hybridized carbons (Fsp3) is 0.100. The average Bonchev–Trinajstić information content (AvgIpc) is 3.85. The minimum absolute atomic E-state index is 0.0437. The maximum Gasteiger partial charge on any atom is 0.488 e. The highest BCUT2D eigenvalue weighted by atomic mass is 79.9. The van der Waals surface area contributed by atoms with Crippen molar-refractivity contribution in [2.45, 2.75) is 13.1 Å². The molecule has 0 radical (unpaired) electrons. The summed E-state index contributed by atoms with van der Waals surface area (Å²) in [6.45, 7) is 1.20. The van der Waals surface area contributed by atoms with Gasteiger partial charge in [-0.25, -0.2) is 9.36 Å². The molecule has 0 amide bonds. The molecule has 0 saturated heterocycles. The molecule has 2 aromatic heterocycles. The van der Waals surface area contributed by atoms with E-state index in [1.54, 1.807) is 26.4 Å². The van der Waals surface area contributed by atoms with Crippen LogP contribution in [0.25, 0.3) is 34.3 Å². The second-order valence-electron chi connectivity index (χ2n) is 12.4. The van der Waals surface area contributed by atoms with Crippen molar-refractivity contribution < 1.29 is 29.4 Å². The molecular formula is C40H33BBrN8O8+. The fourth-order valence-corrected chi connectivity index (χ4v) is 6.42. The Labute approximate surface area is 339 Å². The minimum atomic E-state index is -1.66. The lowest BCUT2D eigenvalue weighted by Crippen LogP contribution is -2.29. The second kappa shape index (κ2) is 18.7. The van der Waals surface area contributed by atoms with Crippen molar-refractivity contribution >= 4 is 63.1 Å². The van der Waals surface area contributed by atoms with E-state index in [9.17, 15) is 20.2 Å². The van der Waals surface area contributed by atoms with Gasteiger partial charge in [0.25, 0.3) is 11.4 Å². The molecule has 0 bridgehead atoms. The van der Waals surface area contributed by atoms with Crippen LogP contribution in [0.4, 0.5) is 11.4 Å². The van der Waals surface area contributed by atoms with Crippen LogP contribution in [0.15, 0.2) is 120 Å². The maximum atomic E-state index is 11.1. The number of nitrogens with zero attached hydrogens (tertiary/aromatic N) is 8. The Morgan fingerprint density at radius 1 is 0.759 bits per heavy atom. The zero-order valence-electron chi connectivity index (χ0n) is 30.9. The number of nitro groups is 2. The van der Waals surface area contributed by atoms with E-state index >= 15 is 0 Å².